The second kappa shape index (κ2) is 10.0. The van der Waals surface area contributed by atoms with Crippen LogP contribution in [0.3, 0.4) is 0 Å². The molecule has 1 aromatic heterocycles. The number of nitrogens with zero attached hydrogens (tertiary/aromatic N) is 1. The summed E-state index contributed by atoms with van der Waals surface area (Å²) in [6.07, 6.45) is -0.479. The molecule has 2 unspecified atom stereocenters. The first-order chi connectivity index (χ1) is 14.4. The first kappa shape index (κ1) is 23.5. The van der Waals surface area contributed by atoms with Crippen LogP contribution in [-0.2, 0) is 28.0 Å². The fourth-order valence-corrected chi connectivity index (χ4v) is 3.79. The van der Waals surface area contributed by atoms with E-state index in [0.29, 0.717) is 23.0 Å². The molecule has 165 valence electrons. The Morgan fingerprint density at radius 2 is 2.03 bits per heavy atom. The van der Waals surface area contributed by atoms with E-state index in [-0.39, 0.29) is 17.1 Å². The average Bonchev–Trinajstić information content (AvgIpc) is 3.41. The largest absolute Gasteiger partial charge is 2.00 e. The third kappa shape index (κ3) is 5.57. The van der Waals surface area contributed by atoms with Gasteiger partial charge >= 0.3 is 23.2 Å². The first-order valence-corrected chi connectivity index (χ1v) is 9.84. The molecule has 1 fully saturated rings. The zero-order valence-electron chi connectivity index (χ0n) is 17.0. The van der Waals surface area contributed by atoms with Crippen LogP contribution in [0.15, 0.2) is 48.5 Å². The summed E-state index contributed by atoms with van der Waals surface area (Å²) in [7, 11) is 1.80. The van der Waals surface area contributed by atoms with Crippen LogP contribution in [0.2, 0.25) is 0 Å². The molecule has 5 rings (SSSR count). The van der Waals surface area contributed by atoms with Crippen molar-refractivity contribution in [3.63, 3.8) is 0 Å². The zero-order valence-corrected chi connectivity index (χ0v) is 18.1. The number of nitrogens with one attached hydrogen (secondary N) is 1. The van der Waals surface area contributed by atoms with Crippen molar-refractivity contribution in [1.29, 1.82) is 0 Å². The molecule has 3 aromatic rings. The van der Waals surface area contributed by atoms with E-state index < -0.39 is 11.9 Å². The molecule has 2 aliphatic rings. The van der Waals surface area contributed by atoms with E-state index in [1.54, 1.807) is 25.3 Å². The Balaban J connectivity index is 0.000000176. The molecule has 0 saturated carbocycles. The predicted octanol–water partition coefficient (Wildman–Crippen LogP) is 4.71. The molecule has 31 heavy (non-hydrogen) atoms. The van der Waals surface area contributed by atoms with Crippen molar-refractivity contribution in [3.8, 4) is 5.75 Å². The summed E-state index contributed by atoms with van der Waals surface area (Å²) < 4.78 is 47.8. The molecule has 2 aliphatic heterocycles. The van der Waals surface area contributed by atoms with Crippen LogP contribution in [-0.4, -0.2) is 48.8 Å². The molecule has 1 N–H and O–H groups in total. The Kier molecular flexibility index (Phi) is 7.59. The molecule has 2 atom stereocenters. The summed E-state index contributed by atoms with van der Waals surface area (Å²) in [4.78, 5) is 4.73. The standard InChI is InChI=1S/C14H18NO2.C9H5F3N.Mn/c1-16-13-6-7-15(9-13)12-8-11-4-2-3-5-14(11)17-10-12;10-9(11,12)8-5-6-3-1-2-4-7(6)13-8;/h2-5,8,12-13H,6-7,9-10H2,1H3;1-2,4-5,13H;/q2*-1;+2. The number of fused-ring (bicyclic) bond motifs is 2. The molecule has 0 bridgehead atoms. The Morgan fingerprint density at radius 3 is 2.74 bits per heavy atom. The molecule has 2 aromatic carbocycles. The van der Waals surface area contributed by atoms with Gasteiger partial charge in [0.2, 0.25) is 0 Å². The summed E-state index contributed by atoms with van der Waals surface area (Å²) in [5, 5.41) is 0.454. The number of benzene rings is 2. The number of rotatable bonds is 2. The van der Waals surface area contributed by atoms with Gasteiger partial charge in [-0.2, -0.15) is 25.7 Å². The smallest absolute Gasteiger partial charge is 0.550 e. The molecule has 0 amide bonds. The van der Waals surface area contributed by atoms with Crippen molar-refractivity contribution >= 4 is 10.9 Å². The number of para-hydroxylation sites is 1. The van der Waals surface area contributed by atoms with Gasteiger partial charge in [-0.3, -0.25) is 0 Å². The van der Waals surface area contributed by atoms with E-state index >= 15 is 0 Å². The van der Waals surface area contributed by atoms with E-state index in [2.05, 4.69) is 34.5 Å². The topological polar surface area (TPSA) is 37.5 Å². The monoisotopic (exact) mass is 471 g/mol. The molecule has 8 heteroatoms. The van der Waals surface area contributed by atoms with Crippen LogP contribution in [0.4, 0.5) is 13.2 Å². The second-order valence-electron chi connectivity index (χ2n) is 7.40. The van der Waals surface area contributed by atoms with Gasteiger partial charge in [-0.1, -0.05) is 12.1 Å². The molecule has 0 spiro atoms. The van der Waals surface area contributed by atoms with Gasteiger partial charge in [-0.25, -0.2) is 0 Å². The van der Waals surface area contributed by atoms with E-state index in [4.69, 9.17) is 9.47 Å². The van der Waals surface area contributed by atoms with Gasteiger partial charge in [0.05, 0.1) is 18.4 Å². The molecule has 1 radical (unpaired) electrons. The van der Waals surface area contributed by atoms with Crippen molar-refractivity contribution in [1.82, 2.24) is 9.88 Å². The van der Waals surface area contributed by atoms with Crippen LogP contribution in [0.25, 0.3) is 10.9 Å². The molecular formula is C23H23F3MnN2O2. The van der Waals surface area contributed by atoms with E-state index in [1.807, 2.05) is 12.1 Å². The predicted molar refractivity (Wildman–Crippen MR) is 108 cm³/mol. The third-order valence-corrected chi connectivity index (χ3v) is 5.43. The normalized spacial score (nSPS) is 20.6. The van der Waals surface area contributed by atoms with Crippen LogP contribution >= 0.6 is 0 Å². The van der Waals surface area contributed by atoms with Crippen molar-refractivity contribution in [2.75, 3.05) is 26.8 Å². The number of hydrogen-bond acceptors (Lipinski definition) is 3. The number of methoxy groups -OCH3 is 1. The minimum absolute atomic E-state index is 0. The maximum atomic E-state index is 12.2. The van der Waals surface area contributed by atoms with Gasteiger partial charge in [0.1, 0.15) is 0 Å². The van der Waals surface area contributed by atoms with Gasteiger partial charge in [0.15, 0.2) is 0 Å². The van der Waals surface area contributed by atoms with E-state index in [9.17, 15) is 13.2 Å². The van der Waals surface area contributed by atoms with Crippen LogP contribution in [0.1, 0.15) is 17.7 Å². The molecule has 3 heterocycles. The minimum atomic E-state index is -4.31. The fourth-order valence-electron chi connectivity index (χ4n) is 3.79. The summed E-state index contributed by atoms with van der Waals surface area (Å²) >= 11 is 0. The van der Waals surface area contributed by atoms with E-state index in [1.165, 1.54) is 5.56 Å². The van der Waals surface area contributed by atoms with Crippen LogP contribution in [0, 0.1) is 12.5 Å². The SMILES string of the molecule is COC1CCN(C2[CH-]c3ccccc3OC2)C1.FC(F)(F)c1cc2[c-]cccc2[nH]1.[Mn+2]. The summed E-state index contributed by atoms with van der Waals surface area (Å²) in [5.41, 5.74) is 0.935. The minimum Gasteiger partial charge on any atom is -0.550 e. The van der Waals surface area contributed by atoms with Crippen molar-refractivity contribution in [2.24, 2.45) is 0 Å². The van der Waals surface area contributed by atoms with Crippen molar-refractivity contribution in [2.45, 2.75) is 24.7 Å². The summed E-state index contributed by atoms with van der Waals surface area (Å²) in [5.74, 6) is 1.01. The first-order valence-electron chi connectivity index (χ1n) is 9.84. The molecule has 4 nitrogen and oxygen atoms in total. The van der Waals surface area contributed by atoms with Gasteiger partial charge in [-0.15, -0.1) is 47.3 Å². The van der Waals surface area contributed by atoms with Crippen molar-refractivity contribution < 1.29 is 39.7 Å². The fraction of sp³-hybridized carbons (Fsp3) is 0.348. The van der Waals surface area contributed by atoms with Gasteiger partial charge in [0, 0.05) is 32.0 Å². The van der Waals surface area contributed by atoms with E-state index in [0.717, 1.165) is 37.9 Å². The number of alkyl halides is 3. The maximum Gasteiger partial charge on any atom is 2.00 e. The number of aromatic amines is 1. The summed E-state index contributed by atoms with van der Waals surface area (Å²) in [6.45, 7) is 2.88. The Labute approximate surface area is 190 Å². The summed E-state index contributed by atoms with van der Waals surface area (Å²) in [6, 6.07) is 17.2. The number of H-pyrrole nitrogens is 1. The van der Waals surface area contributed by atoms with Crippen LogP contribution in [0.5, 0.6) is 5.75 Å². The van der Waals surface area contributed by atoms with Gasteiger partial charge < -0.3 is 19.4 Å². The number of aromatic nitrogens is 1. The molecule has 1 saturated heterocycles. The molecule has 0 aliphatic carbocycles. The average molecular weight is 471 g/mol. The Hall–Kier alpha value is -2.12. The molecular weight excluding hydrogens is 448 g/mol. The zero-order chi connectivity index (χ0) is 21.1. The number of likely N-dealkylation sites (tertiary alicyclic amines) is 1. The second-order valence-corrected chi connectivity index (χ2v) is 7.40. The Morgan fingerprint density at radius 1 is 1.23 bits per heavy atom. The third-order valence-electron chi connectivity index (χ3n) is 5.43. The number of halogens is 3. The number of hydrogen-bond donors (Lipinski definition) is 1. The Bertz CT molecular complexity index is 959. The van der Waals surface area contributed by atoms with Gasteiger partial charge in [0.25, 0.3) is 0 Å². The maximum absolute atomic E-state index is 12.2. The quantitative estimate of drug-likeness (QED) is 0.435. The van der Waals surface area contributed by atoms with Gasteiger partial charge in [-0.05, 0) is 11.9 Å². The number of ether oxygens (including phenoxy) is 2. The van der Waals surface area contributed by atoms with Crippen LogP contribution < -0.4 is 4.74 Å². The van der Waals surface area contributed by atoms with Crippen molar-refractivity contribution in [3.05, 3.63) is 72.3 Å².